The van der Waals surface area contributed by atoms with E-state index in [1.807, 2.05) is 18.2 Å². The lowest BCUT2D eigenvalue weighted by Crippen LogP contribution is -2.48. The van der Waals surface area contributed by atoms with Crippen molar-refractivity contribution in [2.45, 2.75) is 70.0 Å². The van der Waals surface area contributed by atoms with Crippen LogP contribution in [0, 0.1) is 0 Å². The van der Waals surface area contributed by atoms with Gasteiger partial charge in [0.15, 0.2) is 22.3 Å². The smallest absolute Gasteiger partial charge is 0.263 e. The predicted octanol–water partition coefficient (Wildman–Crippen LogP) is 2.27. The molecule has 4 rings (SSSR count). The van der Waals surface area contributed by atoms with Crippen LogP contribution in [0.3, 0.4) is 0 Å². The van der Waals surface area contributed by atoms with Crippen LogP contribution in [0.2, 0.25) is 0 Å². The van der Waals surface area contributed by atoms with E-state index >= 15 is 0 Å². The first-order chi connectivity index (χ1) is 15.9. The third-order valence-electron chi connectivity index (χ3n) is 7.04. The Labute approximate surface area is 197 Å². The molecule has 182 valence electrons. The molecule has 0 radical (unpaired) electrons. The van der Waals surface area contributed by atoms with Gasteiger partial charge in [0.1, 0.15) is 0 Å². The van der Waals surface area contributed by atoms with Crippen molar-refractivity contribution in [3.63, 3.8) is 0 Å². The normalized spacial score (nSPS) is 24.1. The summed E-state index contributed by atoms with van der Waals surface area (Å²) in [5, 5.41) is 4.00. The van der Waals surface area contributed by atoms with Crippen molar-refractivity contribution in [3.05, 3.63) is 35.4 Å². The maximum absolute atomic E-state index is 13.0. The number of amides is 1. The Kier molecular flexibility index (Phi) is 7.90. The zero-order chi connectivity index (χ0) is 23.3. The Hall–Kier alpha value is -2.13. The minimum Gasteiger partial charge on any atom is -0.384 e. The lowest BCUT2D eigenvalue weighted by atomic mass is 10.1. The molecular weight excluding hydrogens is 440 g/mol. The van der Waals surface area contributed by atoms with E-state index in [-0.39, 0.29) is 41.9 Å². The van der Waals surface area contributed by atoms with E-state index in [1.54, 1.807) is 4.90 Å². The summed E-state index contributed by atoms with van der Waals surface area (Å²) in [6, 6.07) is 7.79. The number of oxime groups is 1. The highest BCUT2D eigenvalue weighted by Crippen LogP contribution is 2.29. The van der Waals surface area contributed by atoms with E-state index in [0.29, 0.717) is 6.42 Å². The van der Waals surface area contributed by atoms with Crippen molar-refractivity contribution in [2.24, 2.45) is 10.9 Å². The highest BCUT2D eigenvalue weighted by Gasteiger charge is 2.39. The average molecular weight is 477 g/mol. The van der Waals surface area contributed by atoms with Gasteiger partial charge < -0.3 is 15.5 Å². The molecule has 3 fully saturated rings. The fraction of sp³-hybridized carbons (Fsp3) is 0.667. The Morgan fingerprint density at radius 1 is 1.09 bits per heavy atom. The van der Waals surface area contributed by atoms with Gasteiger partial charge in [0.05, 0.1) is 11.5 Å². The summed E-state index contributed by atoms with van der Waals surface area (Å²) in [6.07, 6.45) is 8.25. The van der Waals surface area contributed by atoms with E-state index in [0.717, 1.165) is 50.9 Å². The average Bonchev–Trinajstić information content (AvgIpc) is 3.45. The van der Waals surface area contributed by atoms with Crippen molar-refractivity contribution in [1.82, 2.24) is 9.80 Å². The number of rotatable bonds is 8. The summed E-state index contributed by atoms with van der Waals surface area (Å²) in [6.45, 7) is 2.90. The SMILES string of the molecule is N/C(=N\OCC(=O)N(C1CCCC1)[C@@H]1CCS(=O)(=O)C1)c1cccc(CN2CCCCC2)c1. The molecule has 3 aliphatic rings. The van der Waals surface area contributed by atoms with Gasteiger partial charge in [-0.05, 0) is 56.8 Å². The van der Waals surface area contributed by atoms with Crippen LogP contribution in [0.15, 0.2) is 29.4 Å². The predicted molar refractivity (Wildman–Crippen MR) is 128 cm³/mol. The van der Waals surface area contributed by atoms with Crippen LogP contribution < -0.4 is 5.73 Å². The zero-order valence-corrected chi connectivity index (χ0v) is 20.1. The van der Waals surface area contributed by atoms with Gasteiger partial charge in [0.2, 0.25) is 0 Å². The van der Waals surface area contributed by atoms with Crippen LogP contribution >= 0.6 is 0 Å². The molecular formula is C24H36N4O4S. The van der Waals surface area contributed by atoms with Crippen molar-refractivity contribution in [2.75, 3.05) is 31.2 Å². The first-order valence-electron chi connectivity index (χ1n) is 12.2. The zero-order valence-electron chi connectivity index (χ0n) is 19.3. The summed E-state index contributed by atoms with van der Waals surface area (Å²) in [4.78, 5) is 22.6. The Morgan fingerprint density at radius 3 is 2.55 bits per heavy atom. The number of benzene rings is 1. The summed E-state index contributed by atoms with van der Waals surface area (Å²) in [5.41, 5.74) is 8.10. The number of amidine groups is 1. The van der Waals surface area contributed by atoms with Gasteiger partial charge in [0, 0.05) is 24.2 Å². The van der Waals surface area contributed by atoms with Gasteiger partial charge in [-0.1, -0.05) is 42.6 Å². The van der Waals surface area contributed by atoms with Crippen LogP contribution in [0.25, 0.3) is 0 Å². The quantitative estimate of drug-likeness (QED) is 0.351. The number of nitrogens with two attached hydrogens (primary N) is 1. The van der Waals surface area contributed by atoms with Crippen LogP contribution in [-0.4, -0.2) is 73.2 Å². The Balaban J connectivity index is 1.35. The standard InChI is InChI=1S/C24H36N4O4S/c25-24(20-8-6-7-19(15-20)16-27-12-4-1-5-13-27)26-32-17-23(29)28(21-9-2-3-10-21)22-11-14-33(30,31)18-22/h6-8,15,21-22H,1-5,9-14,16-18H2,(H2,25,26)/t22-/m1/s1. The minimum atomic E-state index is -3.07. The first-order valence-corrected chi connectivity index (χ1v) is 14.0. The number of sulfone groups is 1. The summed E-state index contributed by atoms with van der Waals surface area (Å²) in [5.74, 6) is 0.219. The van der Waals surface area contributed by atoms with Crippen LogP contribution in [0.1, 0.15) is 62.5 Å². The van der Waals surface area contributed by atoms with E-state index in [4.69, 9.17) is 10.6 Å². The number of likely N-dealkylation sites (tertiary alicyclic amines) is 1. The highest BCUT2D eigenvalue weighted by atomic mass is 32.2. The lowest BCUT2D eigenvalue weighted by Gasteiger charge is -2.33. The second-order valence-electron chi connectivity index (χ2n) is 9.58. The van der Waals surface area contributed by atoms with Gasteiger partial charge in [-0.25, -0.2) is 8.42 Å². The topological polar surface area (TPSA) is 105 Å². The number of piperidine rings is 1. The third-order valence-corrected chi connectivity index (χ3v) is 8.79. The first kappa shape index (κ1) is 24.0. The molecule has 1 aromatic rings. The molecule has 2 aliphatic heterocycles. The van der Waals surface area contributed by atoms with Crippen molar-refractivity contribution in [1.29, 1.82) is 0 Å². The second-order valence-corrected chi connectivity index (χ2v) is 11.8. The molecule has 2 N–H and O–H groups in total. The van der Waals surface area contributed by atoms with E-state index < -0.39 is 9.84 Å². The molecule has 9 heteroatoms. The summed E-state index contributed by atoms with van der Waals surface area (Å²) < 4.78 is 24.0. The molecule has 2 heterocycles. The third kappa shape index (κ3) is 6.47. The molecule has 8 nitrogen and oxygen atoms in total. The molecule has 0 aromatic heterocycles. The molecule has 2 saturated heterocycles. The van der Waals surface area contributed by atoms with Gasteiger partial charge in [-0.2, -0.15) is 0 Å². The van der Waals surface area contributed by atoms with Gasteiger partial charge in [0.25, 0.3) is 5.91 Å². The van der Waals surface area contributed by atoms with Gasteiger partial charge in [-0.3, -0.25) is 9.69 Å². The monoisotopic (exact) mass is 476 g/mol. The van der Waals surface area contributed by atoms with Crippen molar-refractivity contribution >= 4 is 21.6 Å². The maximum Gasteiger partial charge on any atom is 0.263 e. The van der Waals surface area contributed by atoms with Crippen LogP contribution in [-0.2, 0) is 26.0 Å². The molecule has 1 aliphatic carbocycles. The van der Waals surface area contributed by atoms with Gasteiger partial charge >= 0.3 is 0 Å². The number of carbonyl (C=O) groups is 1. The Morgan fingerprint density at radius 2 is 1.85 bits per heavy atom. The van der Waals surface area contributed by atoms with Crippen molar-refractivity contribution < 1.29 is 18.0 Å². The Bertz CT molecular complexity index is 953. The van der Waals surface area contributed by atoms with Crippen molar-refractivity contribution in [3.8, 4) is 0 Å². The molecule has 1 amide bonds. The maximum atomic E-state index is 13.0. The molecule has 0 unspecified atom stereocenters. The molecule has 33 heavy (non-hydrogen) atoms. The largest absolute Gasteiger partial charge is 0.384 e. The highest BCUT2D eigenvalue weighted by molar-refractivity contribution is 7.91. The van der Waals surface area contributed by atoms with E-state index in [2.05, 4.69) is 16.1 Å². The van der Waals surface area contributed by atoms with Gasteiger partial charge in [-0.15, -0.1) is 0 Å². The number of carbonyl (C=O) groups excluding carboxylic acids is 1. The minimum absolute atomic E-state index is 0.0461. The summed E-state index contributed by atoms with van der Waals surface area (Å²) >= 11 is 0. The van der Waals surface area contributed by atoms with E-state index in [9.17, 15) is 13.2 Å². The number of nitrogens with zero attached hydrogens (tertiary/aromatic N) is 3. The molecule has 1 saturated carbocycles. The van der Waals surface area contributed by atoms with E-state index in [1.165, 1.54) is 24.8 Å². The fourth-order valence-electron chi connectivity index (χ4n) is 5.37. The fourth-order valence-corrected chi connectivity index (χ4v) is 7.08. The lowest BCUT2D eigenvalue weighted by molar-refractivity contribution is -0.140. The van der Waals surface area contributed by atoms with Crippen LogP contribution in [0.5, 0.6) is 0 Å². The molecule has 0 bridgehead atoms. The second kappa shape index (κ2) is 10.9. The number of hydrogen-bond acceptors (Lipinski definition) is 6. The summed E-state index contributed by atoms with van der Waals surface area (Å²) in [7, 11) is -3.07. The molecule has 1 aromatic carbocycles. The number of hydrogen-bond donors (Lipinski definition) is 1. The molecule has 0 spiro atoms. The van der Waals surface area contributed by atoms with Crippen LogP contribution in [0.4, 0.5) is 0 Å². The molecule has 1 atom stereocenters.